The molecule has 0 radical (unpaired) electrons. The summed E-state index contributed by atoms with van der Waals surface area (Å²) in [7, 11) is 0. The number of urea groups is 1. The average Bonchev–Trinajstić information content (AvgIpc) is 2.71. The molecule has 2 aromatic rings. The molecule has 3 rings (SSSR count). The zero-order chi connectivity index (χ0) is 19.9. The molecule has 0 aliphatic carbocycles. The van der Waals surface area contributed by atoms with Gasteiger partial charge in [-0.2, -0.15) is 0 Å². The summed E-state index contributed by atoms with van der Waals surface area (Å²) in [5.41, 5.74) is 2.93. The molecule has 28 heavy (non-hydrogen) atoms. The maximum atomic E-state index is 12.4. The van der Waals surface area contributed by atoms with Crippen LogP contribution in [-0.4, -0.2) is 46.0 Å². The van der Waals surface area contributed by atoms with E-state index in [-0.39, 0.29) is 19.0 Å². The summed E-state index contributed by atoms with van der Waals surface area (Å²) in [6, 6.07) is 10.3. The number of carbonyl (C=O) groups excluding carboxylic acids is 2. The van der Waals surface area contributed by atoms with Crippen LogP contribution < -0.4 is 10.6 Å². The number of carbonyl (C=O) groups is 3. The van der Waals surface area contributed by atoms with E-state index in [4.69, 9.17) is 5.11 Å². The molecule has 1 atom stereocenters. The van der Waals surface area contributed by atoms with Gasteiger partial charge in [0, 0.05) is 25.5 Å². The Bertz CT molecular complexity index is 856. The van der Waals surface area contributed by atoms with Crippen molar-refractivity contribution in [3.63, 3.8) is 0 Å². The summed E-state index contributed by atoms with van der Waals surface area (Å²) in [6.07, 6.45) is 3.59. The fourth-order valence-corrected chi connectivity index (χ4v) is 3.19. The van der Waals surface area contributed by atoms with Crippen LogP contribution in [0.5, 0.6) is 0 Å². The Morgan fingerprint density at radius 1 is 1.14 bits per heavy atom. The van der Waals surface area contributed by atoms with Crippen molar-refractivity contribution in [2.45, 2.75) is 25.4 Å². The van der Waals surface area contributed by atoms with Crippen LogP contribution in [0.25, 0.3) is 0 Å². The van der Waals surface area contributed by atoms with Crippen LogP contribution in [0.3, 0.4) is 0 Å². The second-order valence-electron chi connectivity index (χ2n) is 6.60. The molecule has 0 fully saturated rings. The lowest BCUT2D eigenvalue weighted by molar-refractivity contribution is -0.137. The Labute approximate surface area is 162 Å². The SMILES string of the molecule is O=C(O)CC(NC(=O)CNC(=O)N1CCc2ccccc2C1)c1cccnc1. The van der Waals surface area contributed by atoms with Gasteiger partial charge in [0.15, 0.2) is 0 Å². The minimum Gasteiger partial charge on any atom is -0.481 e. The molecule has 146 valence electrons. The van der Waals surface area contributed by atoms with Crippen LogP contribution in [0.2, 0.25) is 0 Å². The van der Waals surface area contributed by atoms with Gasteiger partial charge in [-0.3, -0.25) is 14.6 Å². The van der Waals surface area contributed by atoms with Gasteiger partial charge in [0.2, 0.25) is 5.91 Å². The zero-order valence-corrected chi connectivity index (χ0v) is 15.3. The minimum absolute atomic E-state index is 0.229. The summed E-state index contributed by atoms with van der Waals surface area (Å²) in [6.45, 7) is 0.857. The van der Waals surface area contributed by atoms with Crippen molar-refractivity contribution in [3.8, 4) is 0 Å². The normalized spacial score (nSPS) is 13.9. The van der Waals surface area contributed by atoms with Crippen LogP contribution in [0.1, 0.15) is 29.2 Å². The van der Waals surface area contributed by atoms with Gasteiger partial charge < -0.3 is 20.6 Å². The first-order chi connectivity index (χ1) is 13.5. The highest BCUT2D eigenvalue weighted by molar-refractivity contribution is 5.84. The molecule has 0 saturated heterocycles. The third-order valence-corrected chi connectivity index (χ3v) is 4.62. The van der Waals surface area contributed by atoms with E-state index in [2.05, 4.69) is 21.7 Å². The number of nitrogens with zero attached hydrogens (tertiary/aromatic N) is 2. The van der Waals surface area contributed by atoms with Crippen molar-refractivity contribution >= 4 is 17.9 Å². The fourth-order valence-electron chi connectivity index (χ4n) is 3.19. The minimum atomic E-state index is -1.04. The predicted octanol–water partition coefficient (Wildman–Crippen LogP) is 1.48. The van der Waals surface area contributed by atoms with E-state index in [1.165, 1.54) is 11.8 Å². The highest BCUT2D eigenvalue weighted by Gasteiger charge is 2.22. The van der Waals surface area contributed by atoms with E-state index in [9.17, 15) is 14.4 Å². The van der Waals surface area contributed by atoms with Crippen molar-refractivity contribution in [3.05, 3.63) is 65.5 Å². The van der Waals surface area contributed by atoms with Crippen molar-refractivity contribution in [2.24, 2.45) is 0 Å². The van der Waals surface area contributed by atoms with Gasteiger partial charge in [-0.1, -0.05) is 30.3 Å². The second kappa shape index (κ2) is 8.98. The largest absolute Gasteiger partial charge is 0.481 e. The number of hydrogen-bond donors (Lipinski definition) is 3. The molecule has 8 nitrogen and oxygen atoms in total. The summed E-state index contributed by atoms with van der Waals surface area (Å²) in [5.74, 6) is -1.49. The molecule has 0 saturated carbocycles. The van der Waals surface area contributed by atoms with E-state index >= 15 is 0 Å². The topological polar surface area (TPSA) is 112 Å². The van der Waals surface area contributed by atoms with Crippen LogP contribution in [0.15, 0.2) is 48.8 Å². The molecule has 1 unspecified atom stereocenters. The molecule has 1 aromatic carbocycles. The number of hydrogen-bond acceptors (Lipinski definition) is 4. The van der Waals surface area contributed by atoms with Crippen molar-refractivity contribution in [1.29, 1.82) is 0 Å². The third-order valence-electron chi connectivity index (χ3n) is 4.62. The van der Waals surface area contributed by atoms with Gasteiger partial charge in [-0.25, -0.2) is 4.79 Å². The maximum absolute atomic E-state index is 12.4. The van der Waals surface area contributed by atoms with E-state index in [0.29, 0.717) is 18.7 Å². The zero-order valence-electron chi connectivity index (χ0n) is 15.3. The summed E-state index contributed by atoms with van der Waals surface area (Å²) < 4.78 is 0. The Morgan fingerprint density at radius 2 is 1.93 bits per heavy atom. The van der Waals surface area contributed by atoms with Gasteiger partial charge in [0.1, 0.15) is 0 Å². The first-order valence-corrected chi connectivity index (χ1v) is 9.03. The molecule has 0 bridgehead atoms. The van der Waals surface area contributed by atoms with Crippen molar-refractivity contribution < 1.29 is 19.5 Å². The first kappa shape index (κ1) is 19.3. The number of carboxylic acid groups (broad SMARTS) is 1. The summed E-state index contributed by atoms with van der Waals surface area (Å²) in [4.78, 5) is 41.3. The molecule has 2 heterocycles. The van der Waals surface area contributed by atoms with Gasteiger partial charge in [-0.05, 0) is 29.2 Å². The maximum Gasteiger partial charge on any atom is 0.318 e. The molecule has 1 aliphatic heterocycles. The highest BCUT2D eigenvalue weighted by Crippen LogP contribution is 2.18. The van der Waals surface area contributed by atoms with E-state index in [1.807, 2.05) is 18.2 Å². The monoisotopic (exact) mass is 382 g/mol. The predicted molar refractivity (Wildman–Crippen MR) is 101 cm³/mol. The van der Waals surface area contributed by atoms with Crippen LogP contribution in [0, 0.1) is 0 Å². The average molecular weight is 382 g/mol. The van der Waals surface area contributed by atoms with Crippen LogP contribution in [0.4, 0.5) is 4.79 Å². The summed E-state index contributed by atoms with van der Waals surface area (Å²) >= 11 is 0. The number of benzene rings is 1. The lowest BCUT2D eigenvalue weighted by Crippen LogP contribution is -2.46. The van der Waals surface area contributed by atoms with E-state index in [1.54, 1.807) is 23.2 Å². The quantitative estimate of drug-likeness (QED) is 0.701. The van der Waals surface area contributed by atoms with Gasteiger partial charge in [-0.15, -0.1) is 0 Å². The van der Waals surface area contributed by atoms with Gasteiger partial charge >= 0.3 is 12.0 Å². The number of nitrogens with one attached hydrogen (secondary N) is 2. The number of amides is 3. The van der Waals surface area contributed by atoms with E-state index in [0.717, 1.165) is 12.0 Å². The van der Waals surface area contributed by atoms with Crippen LogP contribution in [-0.2, 0) is 22.6 Å². The molecule has 8 heteroatoms. The Hall–Kier alpha value is -3.42. The third kappa shape index (κ3) is 5.06. The lowest BCUT2D eigenvalue weighted by atomic mass is 10.0. The number of aliphatic carboxylic acids is 1. The van der Waals surface area contributed by atoms with Crippen molar-refractivity contribution in [2.75, 3.05) is 13.1 Å². The molecule has 0 spiro atoms. The van der Waals surface area contributed by atoms with Crippen molar-refractivity contribution in [1.82, 2.24) is 20.5 Å². The molecular weight excluding hydrogens is 360 g/mol. The second-order valence-corrected chi connectivity index (χ2v) is 6.60. The summed E-state index contributed by atoms with van der Waals surface area (Å²) in [5, 5.41) is 14.3. The first-order valence-electron chi connectivity index (χ1n) is 9.03. The number of pyridine rings is 1. The van der Waals surface area contributed by atoms with Gasteiger partial charge in [0.25, 0.3) is 0 Å². The lowest BCUT2D eigenvalue weighted by Gasteiger charge is -2.29. The standard InChI is InChI=1S/C20H22N4O4/c25-18(23-17(10-19(26)27)15-6-3-8-21-11-15)12-22-20(28)24-9-7-14-4-1-2-5-16(14)13-24/h1-6,8,11,17H,7,9-10,12-13H2,(H,22,28)(H,23,25)(H,26,27). The van der Waals surface area contributed by atoms with E-state index < -0.39 is 17.9 Å². The Morgan fingerprint density at radius 3 is 2.64 bits per heavy atom. The molecule has 1 aromatic heterocycles. The molecule has 3 amide bonds. The Kier molecular flexibility index (Phi) is 6.21. The fraction of sp³-hybridized carbons (Fsp3) is 0.300. The van der Waals surface area contributed by atoms with Gasteiger partial charge in [0.05, 0.1) is 19.0 Å². The molecular formula is C20H22N4O4. The Balaban J connectivity index is 1.53. The highest BCUT2D eigenvalue weighted by atomic mass is 16.4. The molecule has 3 N–H and O–H groups in total. The number of aromatic nitrogens is 1. The smallest absolute Gasteiger partial charge is 0.318 e. The molecule has 1 aliphatic rings. The number of fused-ring (bicyclic) bond motifs is 1. The van der Waals surface area contributed by atoms with Crippen LogP contribution >= 0.6 is 0 Å². The number of carboxylic acids is 1. The number of rotatable bonds is 6.